The molecule has 1 aliphatic heterocycles. The number of ether oxygens (including phenoxy) is 1. The first-order valence-electron chi connectivity index (χ1n) is 6.95. The van der Waals surface area contributed by atoms with Gasteiger partial charge in [0.2, 0.25) is 0 Å². The number of esters is 1. The van der Waals surface area contributed by atoms with Crippen molar-refractivity contribution in [1.82, 2.24) is 10.3 Å². The van der Waals surface area contributed by atoms with Crippen LogP contribution < -0.4 is 10.2 Å². The lowest BCUT2D eigenvalue weighted by molar-refractivity contribution is -0.134. The maximum absolute atomic E-state index is 12.2. The van der Waals surface area contributed by atoms with E-state index in [9.17, 15) is 9.59 Å². The molecule has 1 aromatic heterocycles. The number of aromatic nitrogens is 1. The second-order valence-corrected chi connectivity index (χ2v) is 4.70. The molecule has 2 heterocycles. The van der Waals surface area contributed by atoms with Crippen LogP contribution in [0.15, 0.2) is 30.5 Å². The molecule has 1 aliphatic rings. The Kier molecular flexibility index (Phi) is 5.31. The highest BCUT2D eigenvalue weighted by Crippen LogP contribution is 2.21. The summed E-state index contributed by atoms with van der Waals surface area (Å²) in [6.45, 7) is 2.13. The zero-order valence-corrected chi connectivity index (χ0v) is 12.0. The van der Waals surface area contributed by atoms with Crippen LogP contribution in [0, 0.1) is 0 Å². The molecule has 1 saturated heterocycles. The van der Waals surface area contributed by atoms with Gasteiger partial charge in [-0.15, -0.1) is 0 Å². The molecule has 1 N–H and O–H groups in total. The molecule has 0 radical (unpaired) electrons. The van der Waals surface area contributed by atoms with Gasteiger partial charge < -0.3 is 15.0 Å². The monoisotopic (exact) mass is 289 g/mol. The standard InChI is InChI=1S/C15H19N3O3/c1-21-13(19)7-5-9-17-15(20)12-6-4-8-16-14(12)18-10-2-3-11-18/h4-8H,2-3,9-11H2,1H3,(H,17,20)/b7-5+. The van der Waals surface area contributed by atoms with Crippen molar-refractivity contribution in [2.75, 3.05) is 31.6 Å². The molecule has 21 heavy (non-hydrogen) atoms. The number of pyridine rings is 1. The van der Waals surface area contributed by atoms with Gasteiger partial charge in [0, 0.05) is 31.9 Å². The number of nitrogens with one attached hydrogen (secondary N) is 1. The molecular formula is C15H19N3O3. The summed E-state index contributed by atoms with van der Waals surface area (Å²) in [6.07, 6.45) is 6.78. The smallest absolute Gasteiger partial charge is 0.330 e. The molecule has 112 valence electrons. The van der Waals surface area contributed by atoms with Crippen LogP contribution in [0.2, 0.25) is 0 Å². The molecule has 0 spiro atoms. The number of amides is 1. The molecule has 0 atom stereocenters. The van der Waals surface area contributed by atoms with Crippen LogP contribution in [-0.2, 0) is 9.53 Å². The largest absolute Gasteiger partial charge is 0.466 e. The minimum atomic E-state index is -0.441. The van der Waals surface area contributed by atoms with Crippen LogP contribution in [0.1, 0.15) is 23.2 Å². The summed E-state index contributed by atoms with van der Waals surface area (Å²) in [4.78, 5) is 29.6. The average molecular weight is 289 g/mol. The van der Waals surface area contributed by atoms with Crippen LogP contribution >= 0.6 is 0 Å². The summed E-state index contributed by atoms with van der Waals surface area (Å²) in [5.74, 6) is 0.0901. The molecule has 6 heteroatoms. The second kappa shape index (κ2) is 7.42. The fraction of sp³-hybridized carbons (Fsp3) is 0.400. The van der Waals surface area contributed by atoms with Gasteiger partial charge in [0.1, 0.15) is 5.82 Å². The maximum Gasteiger partial charge on any atom is 0.330 e. The van der Waals surface area contributed by atoms with Gasteiger partial charge in [0.25, 0.3) is 5.91 Å². The van der Waals surface area contributed by atoms with Gasteiger partial charge >= 0.3 is 5.97 Å². The van der Waals surface area contributed by atoms with Crippen molar-refractivity contribution in [3.05, 3.63) is 36.0 Å². The Hall–Kier alpha value is -2.37. The van der Waals surface area contributed by atoms with Crippen molar-refractivity contribution in [2.45, 2.75) is 12.8 Å². The first-order valence-corrected chi connectivity index (χ1v) is 6.95. The third-order valence-electron chi connectivity index (χ3n) is 3.27. The molecule has 0 saturated carbocycles. The summed E-state index contributed by atoms with van der Waals surface area (Å²) in [5, 5.41) is 2.74. The number of nitrogens with zero attached hydrogens (tertiary/aromatic N) is 2. The molecule has 6 nitrogen and oxygen atoms in total. The molecule has 1 amide bonds. The third-order valence-corrected chi connectivity index (χ3v) is 3.27. The van der Waals surface area contributed by atoms with E-state index in [1.807, 2.05) is 0 Å². The highest BCUT2D eigenvalue weighted by atomic mass is 16.5. The molecular weight excluding hydrogens is 270 g/mol. The lowest BCUT2D eigenvalue weighted by Crippen LogP contribution is -2.28. The van der Waals surface area contributed by atoms with Crippen molar-refractivity contribution in [1.29, 1.82) is 0 Å². The predicted octanol–water partition coefficient (Wildman–Crippen LogP) is 1.14. The summed E-state index contributed by atoms with van der Waals surface area (Å²) in [7, 11) is 1.31. The van der Waals surface area contributed by atoms with E-state index in [2.05, 4.69) is 19.9 Å². The maximum atomic E-state index is 12.2. The van der Waals surface area contributed by atoms with Gasteiger partial charge in [-0.1, -0.05) is 6.08 Å². The zero-order valence-electron chi connectivity index (χ0n) is 12.0. The Labute approximate surface area is 123 Å². The lowest BCUT2D eigenvalue weighted by atomic mass is 10.2. The Morgan fingerprint density at radius 3 is 2.90 bits per heavy atom. The van der Waals surface area contributed by atoms with Gasteiger partial charge in [0.05, 0.1) is 12.7 Å². The van der Waals surface area contributed by atoms with Crippen LogP contribution in [0.4, 0.5) is 5.82 Å². The number of anilines is 1. The van der Waals surface area contributed by atoms with Crippen molar-refractivity contribution in [2.24, 2.45) is 0 Å². The molecule has 0 bridgehead atoms. The normalized spacial score (nSPS) is 14.4. The van der Waals surface area contributed by atoms with E-state index in [-0.39, 0.29) is 12.5 Å². The van der Waals surface area contributed by atoms with Crippen LogP contribution in [0.25, 0.3) is 0 Å². The Balaban J connectivity index is 1.99. The first-order chi connectivity index (χ1) is 10.2. The van der Waals surface area contributed by atoms with Crippen molar-refractivity contribution >= 4 is 17.7 Å². The first kappa shape index (κ1) is 15.0. The predicted molar refractivity (Wildman–Crippen MR) is 79.2 cm³/mol. The number of carbonyl (C=O) groups excluding carboxylic acids is 2. The fourth-order valence-corrected chi connectivity index (χ4v) is 2.23. The van der Waals surface area contributed by atoms with Gasteiger partial charge in [-0.3, -0.25) is 4.79 Å². The molecule has 0 aromatic carbocycles. The van der Waals surface area contributed by atoms with E-state index in [0.717, 1.165) is 31.7 Å². The number of hydrogen-bond donors (Lipinski definition) is 1. The van der Waals surface area contributed by atoms with Crippen LogP contribution in [0.5, 0.6) is 0 Å². The average Bonchev–Trinajstić information content (AvgIpc) is 3.05. The van der Waals surface area contributed by atoms with Crippen LogP contribution in [0.3, 0.4) is 0 Å². The molecule has 2 rings (SSSR count). The third kappa shape index (κ3) is 4.05. The van der Waals surface area contributed by atoms with Crippen molar-refractivity contribution in [3.63, 3.8) is 0 Å². The second-order valence-electron chi connectivity index (χ2n) is 4.70. The Morgan fingerprint density at radius 1 is 1.43 bits per heavy atom. The van der Waals surface area contributed by atoms with Gasteiger partial charge in [-0.25, -0.2) is 9.78 Å². The molecule has 1 fully saturated rings. The fourth-order valence-electron chi connectivity index (χ4n) is 2.23. The quantitative estimate of drug-likeness (QED) is 0.650. The lowest BCUT2D eigenvalue weighted by Gasteiger charge is -2.19. The van der Waals surface area contributed by atoms with E-state index in [1.165, 1.54) is 13.2 Å². The summed E-state index contributed by atoms with van der Waals surface area (Å²) in [5.41, 5.74) is 0.561. The van der Waals surface area contributed by atoms with Crippen molar-refractivity contribution in [3.8, 4) is 0 Å². The number of methoxy groups -OCH3 is 1. The minimum Gasteiger partial charge on any atom is -0.466 e. The summed E-state index contributed by atoms with van der Waals surface area (Å²) in [6, 6.07) is 3.51. The van der Waals surface area contributed by atoms with E-state index >= 15 is 0 Å². The Morgan fingerprint density at radius 2 is 2.19 bits per heavy atom. The summed E-state index contributed by atoms with van der Waals surface area (Å²) >= 11 is 0. The van der Waals surface area contributed by atoms with Gasteiger partial charge in [-0.2, -0.15) is 0 Å². The van der Waals surface area contributed by atoms with Gasteiger partial charge in [-0.05, 0) is 25.0 Å². The van der Waals surface area contributed by atoms with Crippen LogP contribution in [-0.4, -0.2) is 43.6 Å². The van der Waals surface area contributed by atoms with E-state index < -0.39 is 5.97 Å². The summed E-state index contributed by atoms with van der Waals surface area (Å²) < 4.78 is 4.47. The Bertz CT molecular complexity index is 537. The number of carbonyl (C=O) groups is 2. The number of rotatable bonds is 5. The topological polar surface area (TPSA) is 71.5 Å². The molecule has 1 aromatic rings. The van der Waals surface area contributed by atoms with E-state index in [0.29, 0.717) is 5.56 Å². The van der Waals surface area contributed by atoms with E-state index in [4.69, 9.17) is 0 Å². The highest BCUT2D eigenvalue weighted by Gasteiger charge is 2.19. The molecule has 0 unspecified atom stereocenters. The number of hydrogen-bond acceptors (Lipinski definition) is 5. The molecule has 0 aliphatic carbocycles. The highest BCUT2D eigenvalue weighted by molar-refractivity contribution is 5.99. The zero-order chi connectivity index (χ0) is 15.1. The van der Waals surface area contributed by atoms with Crippen molar-refractivity contribution < 1.29 is 14.3 Å². The van der Waals surface area contributed by atoms with E-state index in [1.54, 1.807) is 24.4 Å². The minimum absolute atomic E-state index is 0.195. The SMILES string of the molecule is COC(=O)/C=C/CNC(=O)c1cccnc1N1CCCC1. The van der Waals surface area contributed by atoms with Gasteiger partial charge in [0.15, 0.2) is 0 Å².